The van der Waals surface area contributed by atoms with Gasteiger partial charge in [-0.2, -0.15) is 0 Å². The van der Waals surface area contributed by atoms with Crippen molar-refractivity contribution >= 4 is 17.5 Å². The van der Waals surface area contributed by atoms with Gasteiger partial charge in [0.25, 0.3) is 0 Å². The van der Waals surface area contributed by atoms with Crippen molar-refractivity contribution in [3.05, 3.63) is 23.8 Å². The van der Waals surface area contributed by atoms with Gasteiger partial charge in [-0.1, -0.05) is 6.07 Å². The second-order valence-corrected chi connectivity index (χ2v) is 3.72. The molecule has 2 amide bonds. The molecule has 1 aliphatic heterocycles. The number of carbonyl (C=O) groups excluding carboxylic acids is 2. The number of rotatable bonds is 4. The van der Waals surface area contributed by atoms with E-state index in [1.54, 1.807) is 25.3 Å². The predicted molar refractivity (Wildman–Crippen MR) is 61.6 cm³/mol. The number of carbonyl (C=O) groups is 2. The van der Waals surface area contributed by atoms with Crippen molar-refractivity contribution < 1.29 is 14.3 Å². The summed E-state index contributed by atoms with van der Waals surface area (Å²) in [6.45, 7) is -0.0381. The Morgan fingerprint density at radius 2 is 2.35 bits per heavy atom. The van der Waals surface area contributed by atoms with E-state index in [2.05, 4.69) is 10.6 Å². The fraction of sp³-hybridized carbons (Fsp3) is 0.273. The van der Waals surface area contributed by atoms with Crippen molar-refractivity contribution in [2.75, 3.05) is 19.0 Å². The van der Waals surface area contributed by atoms with Crippen LogP contribution in [0.2, 0.25) is 0 Å². The molecule has 90 valence electrons. The number of nitrogens with two attached hydrogens (primary N) is 1. The predicted octanol–water partition coefficient (Wildman–Crippen LogP) is -0.237. The van der Waals surface area contributed by atoms with Gasteiger partial charge in [0.05, 0.1) is 13.7 Å². The van der Waals surface area contributed by atoms with Gasteiger partial charge in [0, 0.05) is 17.3 Å². The average Bonchev–Trinajstić information content (AvgIpc) is 2.60. The van der Waals surface area contributed by atoms with Gasteiger partial charge >= 0.3 is 0 Å². The monoisotopic (exact) mass is 235 g/mol. The lowest BCUT2D eigenvalue weighted by atomic mass is 10.1. The van der Waals surface area contributed by atoms with Crippen LogP contribution in [0.3, 0.4) is 0 Å². The number of hydrogen-bond donors (Lipinski definition) is 3. The molecule has 1 atom stereocenters. The second kappa shape index (κ2) is 4.42. The maximum absolute atomic E-state index is 11.7. The molecule has 0 aromatic heterocycles. The molecule has 2 rings (SSSR count). The van der Waals surface area contributed by atoms with Crippen molar-refractivity contribution in [1.82, 2.24) is 5.32 Å². The Balaban J connectivity index is 2.22. The highest BCUT2D eigenvalue weighted by molar-refractivity contribution is 6.03. The Bertz CT molecular complexity index is 473. The van der Waals surface area contributed by atoms with Crippen LogP contribution >= 0.6 is 0 Å². The lowest BCUT2D eigenvalue weighted by Gasteiger charge is -2.09. The van der Waals surface area contributed by atoms with Crippen LogP contribution in [0.5, 0.6) is 5.75 Å². The van der Waals surface area contributed by atoms with Gasteiger partial charge in [0.15, 0.2) is 0 Å². The van der Waals surface area contributed by atoms with Gasteiger partial charge in [-0.25, -0.2) is 0 Å². The number of amides is 2. The van der Waals surface area contributed by atoms with Crippen LogP contribution in [0.25, 0.3) is 0 Å². The topological polar surface area (TPSA) is 93.4 Å². The summed E-state index contributed by atoms with van der Waals surface area (Å²) in [6, 6.07) is 4.74. The smallest absolute Gasteiger partial charge is 0.246 e. The summed E-state index contributed by atoms with van der Waals surface area (Å²) in [6.07, 6.45) is 0. The molecule has 0 fully saturated rings. The van der Waals surface area contributed by atoms with E-state index in [0.29, 0.717) is 11.4 Å². The first-order chi connectivity index (χ1) is 8.11. The molecule has 4 N–H and O–H groups in total. The zero-order chi connectivity index (χ0) is 12.4. The normalized spacial score (nSPS) is 17.5. The van der Waals surface area contributed by atoms with E-state index in [0.717, 1.165) is 5.56 Å². The Morgan fingerprint density at radius 3 is 3.00 bits per heavy atom. The molecule has 0 saturated heterocycles. The summed E-state index contributed by atoms with van der Waals surface area (Å²) in [5.74, 6) is -0.0335. The molecule has 0 saturated carbocycles. The quantitative estimate of drug-likeness (QED) is 0.671. The molecule has 6 heteroatoms. The first-order valence-corrected chi connectivity index (χ1v) is 5.12. The van der Waals surface area contributed by atoms with Crippen molar-refractivity contribution in [3.63, 3.8) is 0 Å². The molecule has 1 aromatic carbocycles. The van der Waals surface area contributed by atoms with Gasteiger partial charge in [-0.05, 0) is 6.07 Å². The molecule has 0 bridgehead atoms. The Morgan fingerprint density at radius 1 is 1.59 bits per heavy atom. The molecule has 0 aliphatic carbocycles. The molecule has 1 aromatic rings. The van der Waals surface area contributed by atoms with Gasteiger partial charge in [0.1, 0.15) is 11.8 Å². The average molecular weight is 235 g/mol. The maximum Gasteiger partial charge on any atom is 0.246 e. The van der Waals surface area contributed by atoms with Crippen LogP contribution in [-0.2, 0) is 9.59 Å². The summed E-state index contributed by atoms with van der Waals surface area (Å²) < 4.78 is 5.06. The van der Waals surface area contributed by atoms with Gasteiger partial charge in [0.2, 0.25) is 11.8 Å². The number of primary amides is 1. The standard InChI is InChI=1S/C11H13N3O3/c1-17-6-2-3-7-8(4-6)14-11(16)10(7)13-5-9(12)15/h2-4,10,13H,5H2,1H3,(H2,12,15)(H,14,16). The fourth-order valence-electron chi connectivity index (χ4n) is 1.77. The third kappa shape index (κ3) is 2.21. The summed E-state index contributed by atoms with van der Waals surface area (Å²) in [5, 5.41) is 5.51. The van der Waals surface area contributed by atoms with E-state index in [9.17, 15) is 9.59 Å². The summed E-state index contributed by atoms with van der Waals surface area (Å²) >= 11 is 0. The van der Waals surface area contributed by atoms with Crippen LogP contribution in [0.15, 0.2) is 18.2 Å². The Hall–Kier alpha value is -2.08. The van der Waals surface area contributed by atoms with E-state index < -0.39 is 11.9 Å². The highest BCUT2D eigenvalue weighted by Crippen LogP contribution is 2.33. The lowest BCUT2D eigenvalue weighted by Crippen LogP contribution is -2.34. The van der Waals surface area contributed by atoms with Crippen LogP contribution in [0.4, 0.5) is 5.69 Å². The molecule has 1 aliphatic rings. The third-order valence-corrected chi connectivity index (χ3v) is 2.57. The van der Waals surface area contributed by atoms with Crippen LogP contribution in [0.1, 0.15) is 11.6 Å². The van der Waals surface area contributed by atoms with E-state index in [-0.39, 0.29) is 12.5 Å². The number of methoxy groups -OCH3 is 1. The summed E-state index contributed by atoms with van der Waals surface area (Å²) in [7, 11) is 1.56. The molecule has 17 heavy (non-hydrogen) atoms. The second-order valence-electron chi connectivity index (χ2n) is 3.72. The third-order valence-electron chi connectivity index (χ3n) is 2.57. The minimum atomic E-state index is -0.539. The number of nitrogens with one attached hydrogen (secondary N) is 2. The highest BCUT2D eigenvalue weighted by atomic mass is 16.5. The van der Waals surface area contributed by atoms with Crippen LogP contribution in [-0.4, -0.2) is 25.5 Å². The molecule has 1 unspecified atom stereocenters. The van der Waals surface area contributed by atoms with Gasteiger partial charge in [-0.15, -0.1) is 0 Å². The summed E-state index contributed by atoms with van der Waals surface area (Å²) in [4.78, 5) is 22.4. The lowest BCUT2D eigenvalue weighted by molar-refractivity contribution is -0.119. The maximum atomic E-state index is 11.7. The van der Waals surface area contributed by atoms with Crippen molar-refractivity contribution in [1.29, 1.82) is 0 Å². The van der Waals surface area contributed by atoms with Crippen molar-refractivity contribution in [2.24, 2.45) is 5.73 Å². The minimum Gasteiger partial charge on any atom is -0.497 e. The largest absolute Gasteiger partial charge is 0.497 e. The zero-order valence-electron chi connectivity index (χ0n) is 9.32. The molecular formula is C11H13N3O3. The summed E-state index contributed by atoms with van der Waals surface area (Å²) in [5.41, 5.74) is 6.51. The highest BCUT2D eigenvalue weighted by Gasteiger charge is 2.30. The van der Waals surface area contributed by atoms with E-state index in [1.807, 2.05) is 0 Å². The molecule has 1 heterocycles. The minimum absolute atomic E-state index is 0.0381. The first-order valence-electron chi connectivity index (χ1n) is 5.12. The number of hydrogen-bond acceptors (Lipinski definition) is 4. The number of anilines is 1. The molecule has 0 spiro atoms. The van der Waals surface area contributed by atoms with E-state index >= 15 is 0 Å². The van der Waals surface area contributed by atoms with E-state index in [4.69, 9.17) is 10.5 Å². The fourth-order valence-corrected chi connectivity index (χ4v) is 1.77. The molecular weight excluding hydrogens is 222 g/mol. The number of fused-ring (bicyclic) bond motifs is 1. The zero-order valence-corrected chi connectivity index (χ0v) is 9.32. The number of ether oxygens (including phenoxy) is 1. The van der Waals surface area contributed by atoms with Gasteiger partial charge < -0.3 is 15.8 Å². The van der Waals surface area contributed by atoms with Crippen molar-refractivity contribution in [2.45, 2.75) is 6.04 Å². The molecule has 0 radical (unpaired) electrons. The number of benzene rings is 1. The Kier molecular flexibility index (Phi) is 2.97. The SMILES string of the molecule is COc1ccc2c(c1)NC(=O)C2NCC(N)=O. The Labute approximate surface area is 98.1 Å². The van der Waals surface area contributed by atoms with Crippen LogP contribution < -0.4 is 21.1 Å². The van der Waals surface area contributed by atoms with Crippen LogP contribution in [0, 0.1) is 0 Å². The van der Waals surface area contributed by atoms with Gasteiger partial charge in [-0.3, -0.25) is 14.9 Å². The van der Waals surface area contributed by atoms with E-state index in [1.165, 1.54) is 0 Å². The van der Waals surface area contributed by atoms with Crippen molar-refractivity contribution in [3.8, 4) is 5.75 Å². The first kappa shape index (κ1) is 11.4. The molecule has 6 nitrogen and oxygen atoms in total.